The van der Waals surface area contributed by atoms with Gasteiger partial charge >= 0.3 is 5.97 Å². The van der Waals surface area contributed by atoms with E-state index in [0.717, 1.165) is 15.6 Å². The average molecular weight is 627 g/mol. The Hall–Kier alpha value is -3.82. The first-order valence-corrected chi connectivity index (χ1v) is 13.7. The van der Waals surface area contributed by atoms with Crippen LogP contribution in [0.25, 0.3) is 10.9 Å². The summed E-state index contributed by atoms with van der Waals surface area (Å²) in [5.74, 6) is -1.12. The number of hydrogen-bond acceptors (Lipinski definition) is 4. The van der Waals surface area contributed by atoms with Crippen LogP contribution in [0.1, 0.15) is 54.0 Å². The molecule has 0 saturated carbocycles. The van der Waals surface area contributed by atoms with E-state index in [2.05, 4.69) is 26.2 Å². The molecule has 2 amide bonds. The van der Waals surface area contributed by atoms with Gasteiger partial charge in [0.2, 0.25) is 12.3 Å². The monoisotopic (exact) mass is 625 g/mol. The molecule has 40 heavy (non-hydrogen) atoms. The number of carboxylic acid groups (broad SMARTS) is 1. The molecule has 0 saturated heterocycles. The van der Waals surface area contributed by atoms with Crippen molar-refractivity contribution in [3.05, 3.63) is 98.6 Å². The fraction of sp³-hybridized carbons (Fsp3) is 0.233. The SMILES string of the molecule is CC(C)(C)NC(=O)[C@H](c1c(C(=O)O)[nH]c2cc(Cl)ccc12)N(C=O)Cc1ccc(OCc2ccccc2Br)cc1. The Bertz CT molecular complexity index is 1550. The number of rotatable bonds is 10. The molecule has 0 fully saturated rings. The first-order chi connectivity index (χ1) is 19.0. The van der Waals surface area contributed by atoms with Gasteiger partial charge in [0, 0.05) is 43.6 Å². The number of nitrogens with zero attached hydrogens (tertiary/aromatic N) is 1. The molecule has 0 spiro atoms. The van der Waals surface area contributed by atoms with Gasteiger partial charge < -0.3 is 25.0 Å². The Balaban J connectivity index is 1.66. The summed E-state index contributed by atoms with van der Waals surface area (Å²) in [7, 11) is 0. The third kappa shape index (κ3) is 6.84. The van der Waals surface area contributed by atoms with Crippen LogP contribution in [0.3, 0.4) is 0 Å². The molecule has 0 aliphatic rings. The minimum absolute atomic E-state index is 0.0512. The number of ether oxygens (including phenoxy) is 1. The Kier molecular flexibility index (Phi) is 8.85. The van der Waals surface area contributed by atoms with Crippen LogP contribution in [0.15, 0.2) is 71.2 Å². The number of benzene rings is 3. The second kappa shape index (κ2) is 12.1. The summed E-state index contributed by atoms with van der Waals surface area (Å²) in [4.78, 5) is 42.6. The van der Waals surface area contributed by atoms with Crippen molar-refractivity contribution in [2.24, 2.45) is 0 Å². The fourth-order valence-electron chi connectivity index (χ4n) is 4.40. The van der Waals surface area contributed by atoms with Gasteiger partial charge in [-0.15, -0.1) is 0 Å². The summed E-state index contributed by atoms with van der Waals surface area (Å²) >= 11 is 9.65. The molecular formula is C30H29BrClN3O5. The summed E-state index contributed by atoms with van der Waals surface area (Å²) < 4.78 is 6.85. The number of aromatic nitrogens is 1. The zero-order chi connectivity index (χ0) is 29.0. The lowest BCUT2D eigenvalue weighted by atomic mass is 9.98. The van der Waals surface area contributed by atoms with Gasteiger partial charge in [0.15, 0.2) is 0 Å². The van der Waals surface area contributed by atoms with Gasteiger partial charge in [0.05, 0.1) is 0 Å². The molecule has 0 aliphatic carbocycles. The van der Waals surface area contributed by atoms with Gasteiger partial charge in [-0.1, -0.05) is 63.9 Å². The highest BCUT2D eigenvalue weighted by atomic mass is 79.9. The molecular weight excluding hydrogens is 598 g/mol. The minimum atomic E-state index is -1.26. The summed E-state index contributed by atoms with van der Waals surface area (Å²) in [6.45, 7) is 5.86. The van der Waals surface area contributed by atoms with Crippen molar-refractivity contribution in [1.29, 1.82) is 0 Å². The molecule has 0 radical (unpaired) electrons. The summed E-state index contributed by atoms with van der Waals surface area (Å²) in [6.07, 6.45) is 0.560. The first kappa shape index (κ1) is 29.2. The van der Waals surface area contributed by atoms with Crippen molar-refractivity contribution >= 4 is 56.7 Å². The topological polar surface area (TPSA) is 112 Å². The predicted molar refractivity (Wildman–Crippen MR) is 157 cm³/mol. The number of hydrogen-bond donors (Lipinski definition) is 3. The number of nitrogens with one attached hydrogen (secondary N) is 2. The third-order valence-electron chi connectivity index (χ3n) is 6.14. The molecule has 208 valence electrons. The van der Waals surface area contributed by atoms with E-state index >= 15 is 0 Å². The Morgan fingerprint density at radius 3 is 2.45 bits per heavy atom. The number of carbonyl (C=O) groups is 3. The van der Waals surface area contributed by atoms with Gasteiger partial charge in [-0.05, 0) is 56.7 Å². The van der Waals surface area contributed by atoms with Crippen LogP contribution in [0, 0.1) is 0 Å². The lowest BCUT2D eigenvalue weighted by molar-refractivity contribution is -0.134. The van der Waals surface area contributed by atoms with Gasteiger partial charge in [-0.3, -0.25) is 9.59 Å². The van der Waals surface area contributed by atoms with Crippen molar-refractivity contribution < 1.29 is 24.2 Å². The smallest absolute Gasteiger partial charge is 0.352 e. The lowest BCUT2D eigenvalue weighted by Crippen LogP contribution is -2.47. The molecule has 3 N–H and O–H groups in total. The van der Waals surface area contributed by atoms with E-state index < -0.39 is 23.5 Å². The van der Waals surface area contributed by atoms with Gasteiger partial charge in [-0.2, -0.15) is 0 Å². The number of aromatic amines is 1. The molecule has 0 bridgehead atoms. The van der Waals surface area contributed by atoms with Crippen LogP contribution in [-0.2, 0) is 22.7 Å². The van der Waals surface area contributed by atoms with Crippen molar-refractivity contribution in [2.45, 2.75) is 45.5 Å². The van der Waals surface area contributed by atoms with Crippen LogP contribution in [0.5, 0.6) is 5.75 Å². The highest BCUT2D eigenvalue weighted by Gasteiger charge is 2.35. The number of fused-ring (bicyclic) bond motifs is 1. The van der Waals surface area contributed by atoms with Gasteiger partial charge in [0.25, 0.3) is 0 Å². The molecule has 10 heteroatoms. The number of aromatic carboxylic acids is 1. The maximum atomic E-state index is 13.7. The highest BCUT2D eigenvalue weighted by molar-refractivity contribution is 9.10. The maximum Gasteiger partial charge on any atom is 0.352 e. The summed E-state index contributed by atoms with van der Waals surface area (Å²) in [5.41, 5.74) is 1.55. The lowest BCUT2D eigenvalue weighted by Gasteiger charge is -2.31. The van der Waals surface area contributed by atoms with Crippen LogP contribution < -0.4 is 10.1 Å². The standard InChI is InChI=1S/C30H29BrClN3O5/c1-30(2,3)34-28(37)27(25-22-13-10-20(32)14-24(22)33-26(25)29(38)39)35(17-36)15-18-8-11-21(12-9-18)40-16-19-6-4-5-7-23(19)31/h4-14,17,27,33H,15-16H2,1-3H3,(H,34,37)(H,38,39)/t27-/m0/s1. The molecule has 1 heterocycles. The Morgan fingerprint density at radius 2 is 1.82 bits per heavy atom. The van der Waals surface area contributed by atoms with E-state index in [4.69, 9.17) is 16.3 Å². The Morgan fingerprint density at radius 1 is 1.12 bits per heavy atom. The van der Waals surface area contributed by atoms with E-state index in [0.29, 0.717) is 34.7 Å². The Labute approximate surface area is 245 Å². The first-order valence-electron chi connectivity index (χ1n) is 12.5. The largest absolute Gasteiger partial charge is 0.489 e. The summed E-state index contributed by atoms with van der Waals surface area (Å²) in [5, 5.41) is 13.8. The van der Waals surface area contributed by atoms with Crippen LogP contribution >= 0.6 is 27.5 Å². The molecule has 0 unspecified atom stereocenters. The molecule has 1 aromatic heterocycles. The molecule has 1 atom stereocenters. The number of H-pyrrole nitrogens is 1. The highest BCUT2D eigenvalue weighted by Crippen LogP contribution is 2.34. The quantitative estimate of drug-likeness (QED) is 0.175. The summed E-state index contributed by atoms with van der Waals surface area (Å²) in [6, 6.07) is 18.6. The van der Waals surface area contributed by atoms with Crippen LogP contribution in [-0.4, -0.2) is 38.8 Å². The van der Waals surface area contributed by atoms with Crippen molar-refractivity contribution in [1.82, 2.24) is 15.2 Å². The molecule has 3 aromatic carbocycles. The van der Waals surface area contributed by atoms with E-state index in [1.54, 1.807) is 42.5 Å². The zero-order valence-corrected chi connectivity index (χ0v) is 24.5. The van der Waals surface area contributed by atoms with Crippen LogP contribution in [0.4, 0.5) is 0 Å². The molecule has 4 aromatic rings. The minimum Gasteiger partial charge on any atom is -0.489 e. The number of amides is 2. The number of halogens is 2. The van der Waals surface area contributed by atoms with Gasteiger partial charge in [-0.25, -0.2) is 4.79 Å². The molecule has 8 nitrogen and oxygen atoms in total. The predicted octanol–water partition coefficient (Wildman–Crippen LogP) is 6.48. The average Bonchev–Trinajstić information content (AvgIpc) is 3.26. The zero-order valence-electron chi connectivity index (χ0n) is 22.2. The van der Waals surface area contributed by atoms with Crippen LogP contribution in [0.2, 0.25) is 5.02 Å². The molecule has 0 aliphatic heterocycles. The van der Waals surface area contributed by atoms with Crippen molar-refractivity contribution in [3.8, 4) is 5.75 Å². The van der Waals surface area contributed by atoms with E-state index in [1.165, 1.54) is 4.90 Å². The fourth-order valence-corrected chi connectivity index (χ4v) is 4.97. The number of carboxylic acids is 1. The van der Waals surface area contributed by atoms with Gasteiger partial charge in [0.1, 0.15) is 24.1 Å². The van der Waals surface area contributed by atoms with E-state index in [1.807, 2.05) is 45.0 Å². The maximum absolute atomic E-state index is 13.7. The van der Waals surface area contributed by atoms with E-state index in [9.17, 15) is 19.5 Å². The second-order valence-corrected chi connectivity index (χ2v) is 11.6. The van der Waals surface area contributed by atoms with E-state index in [-0.39, 0.29) is 17.8 Å². The normalized spacial score (nSPS) is 12.1. The van der Waals surface area contributed by atoms with Crippen molar-refractivity contribution in [2.75, 3.05) is 0 Å². The second-order valence-electron chi connectivity index (χ2n) is 10.4. The number of carbonyl (C=O) groups excluding carboxylic acids is 2. The third-order valence-corrected chi connectivity index (χ3v) is 7.15. The molecule has 4 rings (SSSR count). The van der Waals surface area contributed by atoms with Crippen molar-refractivity contribution in [3.63, 3.8) is 0 Å².